The largest absolute Gasteiger partial charge is 0.453 e. The van der Waals surface area contributed by atoms with Crippen LogP contribution in [0.15, 0.2) is 28.7 Å². The van der Waals surface area contributed by atoms with E-state index < -0.39 is 0 Å². The van der Waals surface area contributed by atoms with Crippen LogP contribution >= 0.6 is 0 Å². The number of para-hydroxylation sites is 1. The summed E-state index contributed by atoms with van der Waals surface area (Å²) >= 11 is 0. The van der Waals surface area contributed by atoms with Crippen molar-refractivity contribution in [2.24, 2.45) is 11.7 Å². The molecule has 3 rings (SSSR count). The molecule has 3 nitrogen and oxygen atoms in total. The number of carbonyl (C=O) groups is 1. The molecule has 0 spiro atoms. The van der Waals surface area contributed by atoms with E-state index in [0.29, 0.717) is 5.76 Å². The van der Waals surface area contributed by atoms with Gasteiger partial charge in [0.05, 0.1) is 0 Å². The van der Waals surface area contributed by atoms with Crippen molar-refractivity contribution in [3.05, 3.63) is 35.6 Å². The topological polar surface area (TPSA) is 56.2 Å². The number of benzene rings is 1. The Balaban J connectivity index is 1.99. The number of aryl methyl sites for hydroxylation is 1. The third-order valence-corrected chi connectivity index (χ3v) is 3.89. The third-order valence-electron chi connectivity index (χ3n) is 3.89. The van der Waals surface area contributed by atoms with E-state index in [1.807, 2.05) is 31.2 Å². The van der Waals surface area contributed by atoms with Crippen molar-refractivity contribution in [3.8, 4) is 0 Å². The summed E-state index contributed by atoms with van der Waals surface area (Å²) < 4.78 is 5.72. The van der Waals surface area contributed by atoms with Gasteiger partial charge < -0.3 is 10.2 Å². The van der Waals surface area contributed by atoms with Gasteiger partial charge in [-0.15, -0.1) is 0 Å². The van der Waals surface area contributed by atoms with E-state index >= 15 is 0 Å². The molecular weight excluding hydrogens is 226 g/mol. The monoisotopic (exact) mass is 243 g/mol. The lowest BCUT2D eigenvalue weighted by molar-refractivity contribution is 0.0887. The van der Waals surface area contributed by atoms with Crippen LogP contribution in [0.3, 0.4) is 0 Å². The van der Waals surface area contributed by atoms with Crippen molar-refractivity contribution >= 4 is 16.8 Å². The van der Waals surface area contributed by atoms with Crippen molar-refractivity contribution in [2.75, 3.05) is 0 Å². The Kier molecular flexibility index (Phi) is 2.71. The second-order valence-electron chi connectivity index (χ2n) is 5.17. The summed E-state index contributed by atoms with van der Waals surface area (Å²) in [6, 6.07) is 7.77. The van der Waals surface area contributed by atoms with Crippen LogP contribution in [0.1, 0.15) is 35.4 Å². The highest BCUT2D eigenvalue weighted by molar-refractivity contribution is 5.99. The fourth-order valence-electron chi connectivity index (χ4n) is 2.83. The second-order valence-corrected chi connectivity index (χ2v) is 5.17. The first-order valence-electron chi connectivity index (χ1n) is 6.46. The minimum atomic E-state index is -0.0640. The van der Waals surface area contributed by atoms with Gasteiger partial charge in [-0.2, -0.15) is 0 Å². The molecule has 1 aromatic heterocycles. The van der Waals surface area contributed by atoms with E-state index in [4.69, 9.17) is 10.2 Å². The van der Waals surface area contributed by atoms with Crippen LogP contribution in [0.2, 0.25) is 0 Å². The molecule has 1 aliphatic rings. The number of hydrogen-bond donors (Lipinski definition) is 1. The number of furan rings is 1. The quantitative estimate of drug-likeness (QED) is 0.825. The number of hydrogen-bond acceptors (Lipinski definition) is 3. The molecule has 2 unspecified atom stereocenters. The predicted molar refractivity (Wildman–Crippen MR) is 70.6 cm³/mol. The highest BCUT2D eigenvalue weighted by Crippen LogP contribution is 2.30. The molecule has 1 aromatic carbocycles. The van der Waals surface area contributed by atoms with E-state index in [1.54, 1.807) is 0 Å². The smallest absolute Gasteiger partial charge is 0.202 e. The fraction of sp³-hybridized carbons (Fsp3) is 0.400. The summed E-state index contributed by atoms with van der Waals surface area (Å²) in [5, 5.41) is 0.991. The molecule has 18 heavy (non-hydrogen) atoms. The molecule has 1 heterocycles. The van der Waals surface area contributed by atoms with E-state index in [-0.39, 0.29) is 17.7 Å². The third kappa shape index (κ3) is 1.75. The van der Waals surface area contributed by atoms with Crippen molar-refractivity contribution in [2.45, 2.75) is 32.2 Å². The Morgan fingerprint density at radius 3 is 2.89 bits per heavy atom. The first-order valence-corrected chi connectivity index (χ1v) is 6.46. The van der Waals surface area contributed by atoms with E-state index in [2.05, 4.69) is 0 Å². The van der Waals surface area contributed by atoms with Crippen LogP contribution < -0.4 is 5.73 Å². The fourth-order valence-corrected chi connectivity index (χ4v) is 2.83. The molecule has 1 aliphatic carbocycles. The summed E-state index contributed by atoms with van der Waals surface area (Å²) in [4.78, 5) is 12.4. The molecule has 1 saturated carbocycles. The highest BCUT2D eigenvalue weighted by atomic mass is 16.3. The van der Waals surface area contributed by atoms with Gasteiger partial charge in [-0.25, -0.2) is 0 Å². The summed E-state index contributed by atoms with van der Waals surface area (Å²) in [6.45, 7) is 1.99. The molecular formula is C15H17NO2. The van der Waals surface area contributed by atoms with Crippen molar-refractivity contribution < 1.29 is 9.21 Å². The van der Waals surface area contributed by atoms with Crippen LogP contribution in [0.5, 0.6) is 0 Å². The normalized spacial score (nSPS) is 23.7. The molecule has 1 fully saturated rings. The molecule has 0 aliphatic heterocycles. The molecule has 2 atom stereocenters. The minimum absolute atomic E-state index is 0.00758. The summed E-state index contributed by atoms with van der Waals surface area (Å²) in [6.07, 6.45) is 2.86. The molecule has 2 N–H and O–H groups in total. The Morgan fingerprint density at radius 1 is 1.39 bits per heavy atom. The second kappa shape index (κ2) is 4.25. The number of rotatable bonds is 2. The molecule has 0 saturated heterocycles. The maximum Gasteiger partial charge on any atom is 0.202 e. The molecule has 0 bridgehead atoms. The van der Waals surface area contributed by atoms with Gasteiger partial charge in [-0.05, 0) is 31.4 Å². The standard InChI is InChI=1S/C15H17NO2/c1-9-4-2-5-10-8-13(18-15(9)10)14(17)11-6-3-7-12(11)16/h2,4-5,8,11-12H,3,6-7,16H2,1H3. The number of carbonyl (C=O) groups excluding carboxylic acids is 1. The Bertz CT molecular complexity index is 600. The van der Waals surface area contributed by atoms with Crippen LogP contribution in [-0.2, 0) is 0 Å². The summed E-state index contributed by atoms with van der Waals surface area (Å²) in [5.74, 6) is 0.461. The van der Waals surface area contributed by atoms with Crippen molar-refractivity contribution in [3.63, 3.8) is 0 Å². The van der Waals surface area contributed by atoms with Crippen LogP contribution in [0, 0.1) is 12.8 Å². The minimum Gasteiger partial charge on any atom is -0.453 e. The van der Waals surface area contributed by atoms with Crippen molar-refractivity contribution in [1.82, 2.24) is 0 Å². The van der Waals surface area contributed by atoms with Gasteiger partial charge in [0, 0.05) is 17.3 Å². The highest BCUT2D eigenvalue weighted by Gasteiger charge is 2.32. The van der Waals surface area contributed by atoms with Gasteiger partial charge in [0.1, 0.15) is 5.58 Å². The maximum atomic E-state index is 12.4. The van der Waals surface area contributed by atoms with Crippen molar-refractivity contribution in [1.29, 1.82) is 0 Å². The van der Waals surface area contributed by atoms with Gasteiger partial charge in [0.15, 0.2) is 5.76 Å². The lowest BCUT2D eigenvalue weighted by atomic mass is 9.97. The Morgan fingerprint density at radius 2 is 2.22 bits per heavy atom. The lowest BCUT2D eigenvalue weighted by Crippen LogP contribution is -2.30. The van der Waals surface area contributed by atoms with Crippen LogP contribution in [-0.4, -0.2) is 11.8 Å². The number of nitrogens with two attached hydrogens (primary N) is 1. The predicted octanol–water partition coefficient (Wildman–Crippen LogP) is 3.05. The Hall–Kier alpha value is -1.61. The molecule has 0 amide bonds. The average Bonchev–Trinajstić information content (AvgIpc) is 2.95. The van der Waals surface area contributed by atoms with Gasteiger partial charge in [-0.3, -0.25) is 4.79 Å². The van der Waals surface area contributed by atoms with Gasteiger partial charge >= 0.3 is 0 Å². The molecule has 2 aromatic rings. The summed E-state index contributed by atoms with van der Waals surface area (Å²) in [7, 11) is 0. The zero-order valence-corrected chi connectivity index (χ0v) is 10.5. The first kappa shape index (κ1) is 11.5. The van der Waals surface area contributed by atoms with Gasteiger partial charge in [0.25, 0.3) is 0 Å². The Labute approximate surface area is 106 Å². The lowest BCUT2D eigenvalue weighted by Gasteiger charge is -2.11. The molecule has 94 valence electrons. The van der Waals surface area contributed by atoms with E-state index in [0.717, 1.165) is 35.8 Å². The SMILES string of the molecule is Cc1cccc2cc(C(=O)C3CCCC3N)oc12. The van der Waals surface area contributed by atoms with Crippen LogP contribution in [0.25, 0.3) is 11.0 Å². The maximum absolute atomic E-state index is 12.4. The van der Waals surface area contributed by atoms with Crippen LogP contribution in [0.4, 0.5) is 0 Å². The van der Waals surface area contributed by atoms with E-state index in [1.165, 1.54) is 0 Å². The zero-order chi connectivity index (χ0) is 12.7. The zero-order valence-electron chi connectivity index (χ0n) is 10.5. The summed E-state index contributed by atoms with van der Waals surface area (Å²) in [5.41, 5.74) is 7.85. The van der Waals surface area contributed by atoms with Gasteiger partial charge in [0.2, 0.25) is 5.78 Å². The number of fused-ring (bicyclic) bond motifs is 1. The number of Topliss-reactive ketones (excluding diaryl/α,β-unsaturated/α-hetero) is 1. The average molecular weight is 243 g/mol. The first-order chi connectivity index (χ1) is 8.66. The molecule has 0 radical (unpaired) electrons. The molecule has 3 heteroatoms. The van der Waals surface area contributed by atoms with E-state index in [9.17, 15) is 4.79 Å². The van der Waals surface area contributed by atoms with Gasteiger partial charge in [-0.1, -0.05) is 24.6 Å². The number of ketones is 1.